The summed E-state index contributed by atoms with van der Waals surface area (Å²) >= 11 is 0. The average molecular weight is 1960 g/mol. The number of hydrogen-bond donors (Lipinski definition) is 0. The molecule has 0 aliphatic rings. The van der Waals surface area contributed by atoms with Crippen molar-refractivity contribution in [3.63, 3.8) is 0 Å². The highest BCUT2D eigenvalue weighted by molar-refractivity contribution is 7.22. The summed E-state index contributed by atoms with van der Waals surface area (Å²) in [5.74, 6) is 0. The Hall–Kier alpha value is -20.9. The van der Waals surface area contributed by atoms with Gasteiger partial charge in [0.15, 0.2) is 41.3 Å². The van der Waals surface area contributed by atoms with E-state index >= 15 is 0 Å². The van der Waals surface area contributed by atoms with Crippen molar-refractivity contribution >= 4 is 169 Å². The Morgan fingerprint density at radius 2 is 0.513 bits per heavy atom. The number of benzene rings is 21. The third-order valence-electron chi connectivity index (χ3n) is 28.9. The molecule has 0 saturated carbocycles. The average Bonchev–Trinajstić information content (AvgIpc) is 0.745. The van der Waals surface area contributed by atoms with Gasteiger partial charge in [0.2, 0.25) is 0 Å². The summed E-state index contributed by atoms with van der Waals surface area (Å²) < 4.78 is 6.61. The monoisotopic (exact) mass is 1960 g/mol. The summed E-state index contributed by atoms with van der Waals surface area (Å²) in [6.45, 7) is 23.4. The molecule has 0 amide bonds. The minimum atomic E-state index is -3.23. The molecule has 21 aromatic carbocycles. The first-order chi connectivity index (χ1) is 74.0. The van der Waals surface area contributed by atoms with Crippen LogP contribution in [-0.4, -0.2) is 37.9 Å². The molecule has 0 fully saturated rings. The van der Waals surface area contributed by atoms with E-state index < -0.39 is 24.2 Å². The SMILES string of the molecule is N#Cc1cc(C#N)c([Si](c2ccccc2)(c2ccccc2)c2ccccc2)c(-c2ccccc2-n2c3ccccc3c3cc(C#N)ccc32)c1.[C-]#[N+]c1ccc2c(c1)c1cc(C#N)ccc1n2-c1ccc(-c2ccc([N+]#[C-])c([Si](c3ccccc3)(c3ccccc3)c3ccccc3)c2)cc1.[C-]#[N+]c1ccc2c(c1)c1cc(C#N)ccc1n2-c1ccc(-c2ccc([Si](c3ccccc3)(c3ccccc3)c3ccccc3)c(C#N)c2)cc1. The van der Waals surface area contributed by atoms with Crippen molar-refractivity contribution in [2.24, 2.45) is 0 Å². The molecule has 0 N–H and O–H groups in total. The largest absolute Gasteiger partial charge is 0.309 e. The second-order valence-corrected chi connectivity index (χ2v) is 48.0. The maximum atomic E-state index is 11.0. The van der Waals surface area contributed by atoms with Gasteiger partial charge in [0.25, 0.3) is 0 Å². The zero-order valence-corrected chi connectivity index (χ0v) is 83.9. The molecule has 15 heteroatoms. The normalized spacial score (nSPS) is 11.1. The number of para-hydroxylation sites is 2. The minimum absolute atomic E-state index is 0.424. The Morgan fingerprint density at radius 1 is 0.200 bits per heavy atom. The summed E-state index contributed by atoms with van der Waals surface area (Å²) in [4.78, 5) is 11.4. The smallest absolute Gasteiger partial charge is 0.188 e. The number of nitriles is 6. The molecule has 0 unspecified atom stereocenters. The molecule has 696 valence electrons. The van der Waals surface area contributed by atoms with Crippen molar-refractivity contribution in [1.29, 1.82) is 31.6 Å². The fourth-order valence-electron chi connectivity index (χ4n) is 22.4. The van der Waals surface area contributed by atoms with Gasteiger partial charge in [0.05, 0.1) is 128 Å². The van der Waals surface area contributed by atoms with E-state index in [-0.39, 0.29) is 0 Å². The van der Waals surface area contributed by atoms with Gasteiger partial charge in [-0.05, 0) is 234 Å². The summed E-state index contributed by atoms with van der Waals surface area (Å²) in [6.07, 6.45) is 0. The zero-order chi connectivity index (χ0) is 102. The van der Waals surface area contributed by atoms with E-state index in [2.05, 4.69) is 398 Å². The lowest BCUT2D eigenvalue weighted by atomic mass is 9.98. The molecular formula is C135H84N12Si3. The first-order valence-corrected chi connectivity index (χ1v) is 55.0. The van der Waals surface area contributed by atoms with Crippen molar-refractivity contribution < 1.29 is 0 Å². The maximum absolute atomic E-state index is 11.0. The molecule has 0 bridgehead atoms. The molecule has 3 aromatic heterocycles. The van der Waals surface area contributed by atoms with Crippen LogP contribution in [0, 0.1) is 87.7 Å². The third-order valence-corrected chi connectivity index (χ3v) is 43.4. The molecule has 0 saturated heterocycles. The van der Waals surface area contributed by atoms with Gasteiger partial charge < -0.3 is 13.7 Å². The lowest BCUT2D eigenvalue weighted by molar-refractivity contribution is 1.18. The molecule has 0 radical (unpaired) electrons. The number of hydrogen-bond acceptors (Lipinski definition) is 6. The molecular weight excluding hydrogens is 1870 g/mol. The molecule has 0 aliphatic carbocycles. The number of aromatic nitrogens is 3. The van der Waals surface area contributed by atoms with Gasteiger partial charge in [-0.25, -0.2) is 14.5 Å². The highest BCUT2D eigenvalue weighted by atomic mass is 28.3. The molecule has 24 rings (SSSR count). The highest BCUT2D eigenvalue weighted by Gasteiger charge is 2.48. The first kappa shape index (κ1) is 94.0. The van der Waals surface area contributed by atoms with E-state index in [1.54, 1.807) is 6.07 Å². The Kier molecular flexibility index (Phi) is 25.6. The van der Waals surface area contributed by atoms with Crippen LogP contribution in [0.25, 0.3) is 130 Å². The Bertz CT molecular complexity index is 9350. The van der Waals surface area contributed by atoms with Gasteiger partial charge in [0.1, 0.15) is 0 Å². The lowest BCUT2D eigenvalue weighted by Crippen LogP contribution is -2.75. The molecule has 0 aliphatic heterocycles. The van der Waals surface area contributed by atoms with Crippen molar-refractivity contribution in [2.75, 3.05) is 0 Å². The molecule has 3 heterocycles. The highest BCUT2D eigenvalue weighted by Crippen LogP contribution is 2.42. The fraction of sp³-hybridized carbons (Fsp3) is 0. The van der Waals surface area contributed by atoms with Crippen LogP contribution in [0.15, 0.2) is 510 Å². The second kappa shape index (κ2) is 40.8. The molecule has 12 nitrogen and oxygen atoms in total. The van der Waals surface area contributed by atoms with Crippen LogP contribution >= 0.6 is 0 Å². The molecule has 24 aromatic rings. The van der Waals surface area contributed by atoms with Crippen LogP contribution in [0.3, 0.4) is 0 Å². The van der Waals surface area contributed by atoms with Gasteiger partial charge in [-0.2, -0.15) is 31.6 Å². The van der Waals surface area contributed by atoms with Crippen LogP contribution in [0.5, 0.6) is 0 Å². The van der Waals surface area contributed by atoms with Gasteiger partial charge in [-0.1, -0.05) is 376 Å². The summed E-state index contributed by atoms with van der Waals surface area (Å²) in [5, 5.41) is 80.7. The van der Waals surface area contributed by atoms with Gasteiger partial charge >= 0.3 is 0 Å². The fourth-order valence-corrected chi connectivity index (χ4v) is 37.3. The van der Waals surface area contributed by atoms with Crippen LogP contribution in [0.4, 0.5) is 17.1 Å². The van der Waals surface area contributed by atoms with Crippen LogP contribution < -0.4 is 62.2 Å². The van der Waals surface area contributed by atoms with E-state index in [0.29, 0.717) is 50.4 Å². The zero-order valence-electron chi connectivity index (χ0n) is 80.9. The first-order valence-electron chi connectivity index (χ1n) is 49.0. The molecule has 150 heavy (non-hydrogen) atoms. The lowest BCUT2D eigenvalue weighted by Gasteiger charge is -2.37. The summed E-state index contributed by atoms with van der Waals surface area (Å²) in [7, 11) is -9.02. The van der Waals surface area contributed by atoms with Crippen LogP contribution in [-0.2, 0) is 0 Å². The van der Waals surface area contributed by atoms with E-state index in [9.17, 15) is 31.6 Å². The van der Waals surface area contributed by atoms with E-state index in [4.69, 9.17) is 19.7 Å². The van der Waals surface area contributed by atoms with Gasteiger partial charge in [0, 0.05) is 38.5 Å². The second-order valence-electron chi connectivity index (χ2n) is 36.7. The van der Waals surface area contributed by atoms with E-state index in [0.717, 1.165) is 147 Å². The minimum Gasteiger partial charge on any atom is -0.309 e. The molecule has 0 atom stereocenters. The van der Waals surface area contributed by atoms with Crippen molar-refractivity contribution in [3.8, 4) is 86.9 Å². The standard InChI is InChI=1S/3C45H28N4Si/c1-47-35-22-27-44-41(30-35)40-28-32(31-46)18-26-43(40)49(44)36-23-19-33(20-24-36)34-21-25-42(48-2)45(29-34)50(37-12-6-3-7-13-37,38-14-8-4-9-15-38)39-16-10-5-11-17-39;1-48-36-21-25-44-42(29-36)41-27-32(30-46)17-24-43(41)49(44)37-22-18-33(19-23-37)34-20-26-45(35(28-34)31-47)50(38-11-5-2-6-12-38,39-13-7-3-8-14-39)40-15-9-4-10-16-40;46-29-32-24-25-44-40(27-32)38-20-10-12-22-42(38)49(44)43-23-13-11-21-39(43)41-28-33(30-47)26-34(31-48)45(41)50(35-14-4-1-5-15-35,36-16-6-2-7-17-36)37-18-8-3-9-19-37/h3-30H;2-29H;1-28H. The number of rotatable bonds is 18. The van der Waals surface area contributed by atoms with E-state index in [1.165, 1.54) is 31.1 Å². The Labute approximate surface area is 871 Å². The maximum Gasteiger partial charge on any atom is 0.188 e. The Balaban J connectivity index is 0.000000127. The topological polar surface area (TPSA) is 171 Å². The van der Waals surface area contributed by atoms with Crippen LogP contribution in [0.2, 0.25) is 0 Å². The predicted molar refractivity (Wildman–Crippen MR) is 617 cm³/mol. The number of fused-ring (bicyclic) bond motifs is 9. The van der Waals surface area contributed by atoms with Gasteiger partial charge in [-0.15, -0.1) is 0 Å². The third kappa shape index (κ3) is 16.5. The Morgan fingerprint density at radius 3 is 0.893 bits per heavy atom. The van der Waals surface area contributed by atoms with E-state index in [1.807, 2.05) is 170 Å². The number of nitrogens with zero attached hydrogens (tertiary/aromatic N) is 12. The van der Waals surface area contributed by atoms with Crippen molar-refractivity contribution in [2.45, 2.75) is 0 Å². The molecule has 0 spiro atoms. The van der Waals surface area contributed by atoms with Crippen molar-refractivity contribution in [3.05, 3.63) is 577 Å². The van der Waals surface area contributed by atoms with Crippen molar-refractivity contribution in [1.82, 2.24) is 13.7 Å². The van der Waals surface area contributed by atoms with Crippen LogP contribution in [0.1, 0.15) is 33.4 Å². The van der Waals surface area contributed by atoms with Gasteiger partial charge in [-0.3, -0.25) is 0 Å². The summed E-state index contributed by atoms with van der Waals surface area (Å²) in [6, 6.07) is 188. The summed E-state index contributed by atoms with van der Waals surface area (Å²) in [5.41, 5.74) is 19.7. The quantitative estimate of drug-likeness (QED) is 0.0470. The predicted octanol–water partition coefficient (Wildman–Crippen LogP) is 24.4.